The van der Waals surface area contributed by atoms with E-state index in [1.165, 1.54) is 22.9 Å². The number of aromatic nitrogens is 1. The molecule has 0 fully saturated rings. The third-order valence-corrected chi connectivity index (χ3v) is 4.70. The van der Waals surface area contributed by atoms with Crippen LogP contribution in [-0.2, 0) is 16.6 Å². The molecule has 0 spiro atoms. The minimum absolute atomic E-state index is 0.0157. The summed E-state index contributed by atoms with van der Waals surface area (Å²) in [4.78, 5) is 35.5. The molecule has 1 aromatic carbocycles. The monoisotopic (exact) mass is 493 g/mol. The zero-order valence-electron chi connectivity index (χ0n) is 18.2. The number of benzene rings is 1. The fraction of sp³-hybridized carbons (Fsp3) is 0.286. The highest BCUT2D eigenvalue weighted by atomic mass is 35.5. The third kappa shape index (κ3) is 6.71. The lowest BCUT2D eigenvalue weighted by molar-refractivity contribution is -0.114. The molecule has 2 N–H and O–H groups in total. The smallest absolute Gasteiger partial charge is 0.414 e. The van der Waals surface area contributed by atoms with E-state index >= 15 is 0 Å². The number of rotatable bonds is 7. The first kappa shape index (κ1) is 25.7. The van der Waals surface area contributed by atoms with E-state index in [1.54, 1.807) is 26.1 Å². The van der Waals surface area contributed by atoms with Crippen molar-refractivity contribution in [3.8, 4) is 17.6 Å². The number of ether oxygens (including phenoxy) is 2. The van der Waals surface area contributed by atoms with Crippen LogP contribution in [0.15, 0.2) is 34.3 Å². The number of nitrogens with zero attached hydrogens (tertiary/aromatic N) is 3. The summed E-state index contributed by atoms with van der Waals surface area (Å²) < 4.78 is 11.8. The summed E-state index contributed by atoms with van der Waals surface area (Å²) in [6.45, 7) is 5.40. The Balaban J connectivity index is 2.25. The first-order valence-corrected chi connectivity index (χ1v) is 10.4. The molecule has 2 amide bonds. The van der Waals surface area contributed by atoms with Crippen LogP contribution in [0.3, 0.4) is 0 Å². The van der Waals surface area contributed by atoms with Gasteiger partial charge >= 0.3 is 6.09 Å². The highest BCUT2D eigenvalue weighted by molar-refractivity contribution is 6.47. The summed E-state index contributed by atoms with van der Waals surface area (Å²) in [6, 6.07) is 6.01. The molecule has 0 saturated carbocycles. The lowest BCUT2D eigenvalue weighted by atomic mass is 10.1. The average Bonchev–Trinajstić information content (AvgIpc) is 2.73. The largest absolute Gasteiger partial charge is 0.453 e. The Labute approximate surface area is 199 Å². The fourth-order valence-corrected chi connectivity index (χ4v) is 3.14. The molecule has 0 unspecified atom stereocenters. The van der Waals surface area contributed by atoms with E-state index in [2.05, 4.69) is 15.3 Å². The second kappa shape index (κ2) is 11.4. The molecule has 33 heavy (non-hydrogen) atoms. The van der Waals surface area contributed by atoms with Gasteiger partial charge in [-0.1, -0.05) is 37.0 Å². The van der Waals surface area contributed by atoms with Gasteiger partial charge in [-0.15, -0.1) is 0 Å². The highest BCUT2D eigenvalue weighted by Gasteiger charge is 2.17. The van der Waals surface area contributed by atoms with Gasteiger partial charge in [-0.3, -0.25) is 20.3 Å². The average molecular weight is 494 g/mol. The Morgan fingerprint density at radius 3 is 2.42 bits per heavy atom. The Hall–Kier alpha value is -3.55. The van der Waals surface area contributed by atoms with Crippen molar-refractivity contribution in [2.45, 2.75) is 26.7 Å². The topological polar surface area (TPSA) is 135 Å². The molecule has 1 heterocycles. The molecule has 0 aliphatic heterocycles. The van der Waals surface area contributed by atoms with Crippen LogP contribution in [0.5, 0.6) is 11.5 Å². The van der Waals surface area contributed by atoms with Crippen LogP contribution in [0.1, 0.15) is 32.3 Å². The lowest BCUT2D eigenvalue weighted by Crippen LogP contribution is -2.36. The predicted molar refractivity (Wildman–Crippen MR) is 124 cm³/mol. The maximum atomic E-state index is 12.2. The summed E-state index contributed by atoms with van der Waals surface area (Å²) in [5.74, 6) is -0.554. The Morgan fingerprint density at radius 1 is 1.24 bits per heavy atom. The summed E-state index contributed by atoms with van der Waals surface area (Å²) in [7, 11) is 1.61. The van der Waals surface area contributed by atoms with Crippen LogP contribution in [-0.4, -0.2) is 28.9 Å². The number of hydrazone groups is 1. The van der Waals surface area contributed by atoms with Gasteiger partial charge < -0.3 is 14.0 Å². The minimum atomic E-state index is -1.05. The molecule has 2 rings (SSSR count). The molecular formula is C21H21Cl2N5O5. The molecule has 0 saturated heterocycles. The number of anilines is 1. The van der Waals surface area contributed by atoms with Gasteiger partial charge in [-0.05, 0) is 31.0 Å². The standard InChI is InChI=1S/C21H21Cl2N5O5/c1-5-32-21(31)25-19(29)17(9-24)27-26-12-6-15(22)18(16(23)7-12)33-13-8-14(11(2)3)20(30)28(4)10-13/h6-8,10-11,26H,5H2,1-4H3,(H,25,29,31). The third-order valence-electron chi connectivity index (χ3n) is 4.13. The number of imide groups is 1. The zero-order chi connectivity index (χ0) is 24.7. The molecular weight excluding hydrogens is 473 g/mol. The Bertz CT molecular complexity index is 1180. The van der Waals surface area contributed by atoms with Gasteiger partial charge in [0.15, 0.2) is 5.75 Å². The van der Waals surface area contributed by atoms with Crippen molar-refractivity contribution < 1.29 is 19.1 Å². The Kier molecular flexibility index (Phi) is 8.85. The van der Waals surface area contributed by atoms with E-state index in [0.29, 0.717) is 11.3 Å². The predicted octanol–water partition coefficient (Wildman–Crippen LogP) is 4.17. The summed E-state index contributed by atoms with van der Waals surface area (Å²) in [5, 5.41) is 14.8. The molecule has 0 bridgehead atoms. The lowest BCUT2D eigenvalue weighted by Gasteiger charge is -2.14. The van der Waals surface area contributed by atoms with Gasteiger partial charge in [0.1, 0.15) is 11.8 Å². The number of pyridine rings is 1. The van der Waals surface area contributed by atoms with E-state index < -0.39 is 17.7 Å². The number of amides is 2. The second-order valence-electron chi connectivity index (χ2n) is 6.93. The molecule has 174 valence electrons. The van der Waals surface area contributed by atoms with Crippen LogP contribution in [0.2, 0.25) is 10.0 Å². The van der Waals surface area contributed by atoms with Crippen LogP contribution >= 0.6 is 23.2 Å². The SMILES string of the molecule is CCOC(=O)NC(=O)C(C#N)=NNc1cc(Cl)c(Oc2cc(C(C)C)c(=O)n(C)c2)c(Cl)c1. The van der Waals surface area contributed by atoms with Gasteiger partial charge in [0.25, 0.3) is 11.5 Å². The summed E-state index contributed by atoms with van der Waals surface area (Å²) in [5.41, 5.74) is 2.54. The van der Waals surface area contributed by atoms with E-state index in [-0.39, 0.29) is 39.6 Å². The van der Waals surface area contributed by atoms with Crippen molar-refractivity contribution in [2.24, 2.45) is 12.1 Å². The van der Waals surface area contributed by atoms with E-state index in [9.17, 15) is 14.4 Å². The van der Waals surface area contributed by atoms with Gasteiger partial charge in [-0.25, -0.2) is 4.79 Å². The first-order valence-electron chi connectivity index (χ1n) is 9.66. The minimum Gasteiger partial charge on any atom is -0.453 e. The maximum Gasteiger partial charge on any atom is 0.414 e. The molecule has 12 heteroatoms. The van der Waals surface area contributed by atoms with Crippen molar-refractivity contribution in [3.63, 3.8) is 0 Å². The fourth-order valence-electron chi connectivity index (χ4n) is 2.58. The molecule has 2 aromatic rings. The van der Waals surface area contributed by atoms with Crippen LogP contribution in [0.25, 0.3) is 0 Å². The zero-order valence-corrected chi connectivity index (χ0v) is 19.7. The summed E-state index contributed by atoms with van der Waals surface area (Å²) in [6.07, 6.45) is 0.510. The molecule has 1 aromatic heterocycles. The number of carbonyl (C=O) groups is 2. The van der Waals surface area contributed by atoms with Crippen LogP contribution in [0, 0.1) is 11.3 Å². The van der Waals surface area contributed by atoms with Crippen molar-refractivity contribution >= 4 is 46.6 Å². The summed E-state index contributed by atoms with van der Waals surface area (Å²) >= 11 is 12.6. The quantitative estimate of drug-likeness (QED) is 0.436. The van der Waals surface area contributed by atoms with Crippen molar-refractivity contribution in [2.75, 3.05) is 12.0 Å². The highest BCUT2D eigenvalue weighted by Crippen LogP contribution is 2.39. The van der Waals surface area contributed by atoms with E-state index in [1.807, 2.05) is 19.2 Å². The number of carbonyl (C=O) groups excluding carboxylic acids is 2. The molecule has 0 aliphatic carbocycles. The number of nitriles is 1. The van der Waals surface area contributed by atoms with E-state index in [0.717, 1.165) is 0 Å². The van der Waals surface area contributed by atoms with Gasteiger partial charge in [-0.2, -0.15) is 10.4 Å². The number of hydrogen-bond donors (Lipinski definition) is 2. The first-order chi connectivity index (χ1) is 15.6. The second-order valence-corrected chi connectivity index (χ2v) is 7.75. The number of aryl methyl sites for hydroxylation is 1. The van der Waals surface area contributed by atoms with Gasteiger partial charge in [0, 0.05) is 18.8 Å². The molecule has 0 radical (unpaired) electrons. The number of nitrogens with one attached hydrogen (secondary N) is 2. The number of hydrogen-bond acceptors (Lipinski definition) is 8. The van der Waals surface area contributed by atoms with Gasteiger partial charge in [0.05, 0.1) is 22.3 Å². The van der Waals surface area contributed by atoms with Crippen molar-refractivity contribution in [1.29, 1.82) is 5.26 Å². The van der Waals surface area contributed by atoms with Gasteiger partial charge in [0.2, 0.25) is 5.71 Å². The van der Waals surface area contributed by atoms with Crippen LogP contribution < -0.4 is 21.0 Å². The molecule has 0 atom stereocenters. The van der Waals surface area contributed by atoms with E-state index in [4.69, 9.17) is 33.2 Å². The Morgan fingerprint density at radius 2 is 1.88 bits per heavy atom. The number of halogens is 2. The van der Waals surface area contributed by atoms with Crippen molar-refractivity contribution in [3.05, 3.63) is 50.4 Å². The normalized spacial score (nSPS) is 11.0. The molecule has 0 aliphatic rings. The molecule has 10 nitrogen and oxygen atoms in total. The van der Waals surface area contributed by atoms with Crippen LogP contribution in [0.4, 0.5) is 10.5 Å². The van der Waals surface area contributed by atoms with Crippen molar-refractivity contribution in [1.82, 2.24) is 9.88 Å². The maximum absolute atomic E-state index is 12.2. The number of alkyl carbamates (subject to hydrolysis) is 1.